The third-order valence-corrected chi connectivity index (χ3v) is 5.76. The summed E-state index contributed by atoms with van der Waals surface area (Å²) < 4.78 is 22.8. The molecule has 0 spiro atoms. The monoisotopic (exact) mass is 295 g/mol. The van der Waals surface area contributed by atoms with E-state index in [-0.39, 0.29) is 0 Å². The normalized spacial score (nSPS) is 27.4. The molecule has 0 heterocycles. The summed E-state index contributed by atoms with van der Waals surface area (Å²) in [5.74, 6) is 1.49. The van der Waals surface area contributed by atoms with Crippen LogP contribution >= 0.6 is 0 Å². The molecule has 1 aliphatic rings. The van der Waals surface area contributed by atoms with E-state index in [0.717, 1.165) is 18.0 Å². The Kier molecular flexibility index (Phi) is 4.86. The van der Waals surface area contributed by atoms with E-state index in [1.54, 1.807) is 12.1 Å². The average molecular weight is 295 g/mol. The standard InChI is InChI=1S/C16H25NO2S/c1-12-5-4-6-16(13(12)2)17-11-14-7-9-15(10-8-14)20(3,18)19/h7-10,12-13,16-17H,4-6,11H2,1-3H3. The van der Waals surface area contributed by atoms with Crippen molar-refractivity contribution in [2.24, 2.45) is 11.8 Å². The van der Waals surface area contributed by atoms with Crippen LogP contribution in [-0.2, 0) is 16.4 Å². The zero-order valence-corrected chi connectivity index (χ0v) is 13.4. The smallest absolute Gasteiger partial charge is 0.175 e. The summed E-state index contributed by atoms with van der Waals surface area (Å²) in [6.07, 6.45) is 5.12. The SMILES string of the molecule is CC1CCCC(NCc2ccc(S(C)(=O)=O)cc2)C1C. The molecule has 0 bridgehead atoms. The van der Waals surface area contributed by atoms with Crippen molar-refractivity contribution in [3.63, 3.8) is 0 Å². The Morgan fingerprint density at radius 2 is 1.80 bits per heavy atom. The van der Waals surface area contributed by atoms with Crippen LogP contribution in [0.2, 0.25) is 0 Å². The molecule has 3 unspecified atom stereocenters. The van der Waals surface area contributed by atoms with Gasteiger partial charge in [-0.3, -0.25) is 0 Å². The van der Waals surface area contributed by atoms with Gasteiger partial charge in [0.2, 0.25) is 0 Å². The molecule has 4 heteroatoms. The highest BCUT2D eigenvalue weighted by molar-refractivity contribution is 7.90. The summed E-state index contributed by atoms with van der Waals surface area (Å²) in [7, 11) is -3.09. The van der Waals surface area contributed by atoms with Gasteiger partial charge in [0.05, 0.1) is 4.90 Å². The second-order valence-electron chi connectivity index (χ2n) is 6.17. The predicted octanol–water partition coefficient (Wildman–Crippen LogP) is 3.00. The fourth-order valence-electron chi connectivity index (χ4n) is 2.97. The van der Waals surface area contributed by atoms with Crippen LogP contribution < -0.4 is 5.32 Å². The summed E-state index contributed by atoms with van der Waals surface area (Å²) in [6, 6.07) is 7.77. The zero-order valence-electron chi connectivity index (χ0n) is 12.6. The Balaban J connectivity index is 1.94. The minimum absolute atomic E-state index is 0.390. The largest absolute Gasteiger partial charge is 0.310 e. The topological polar surface area (TPSA) is 46.2 Å². The van der Waals surface area contributed by atoms with Gasteiger partial charge < -0.3 is 5.32 Å². The molecule has 3 nitrogen and oxygen atoms in total. The molecule has 3 atom stereocenters. The van der Waals surface area contributed by atoms with Gasteiger partial charge in [0.25, 0.3) is 0 Å². The highest BCUT2D eigenvalue weighted by atomic mass is 32.2. The van der Waals surface area contributed by atoms with Crippen molar-refractivity contribution in [1.29, 1.82) is 0 Å². The van der Waals surface area contributed by atoms with Crippen molar-refractivity contribution in [3.8, 4) is 0 Å². The Morgan fingerprint density at radius 3 is 2.40 bits per heavy atom. The Morgan fingerprint density at radius 1 is 1.15 bits per heavy atom. The first-order valence-corrected chi connectivity index (χ1v) is 9.29. The van der Waals surface area contributed by atoms with E-state index in [9.17, 15) is 8.42 Å². The first-order valence-electron chi connectivity index (χ1n) is 7.40. The first kappa shape index (κ1) is 15.5. The Labute approximate surface area is 122 Å². The lowest BCUT2D eigenvalue weighted by molar-refractivity contribution is 0.206. The molecule has 20 heavy (non-hydrogen) atoms. The first-order chi connectivity index (χ1) is 9.38. The van der Waals surface area contributed by atoms with Crippen LogP contribution in [0.4, 0.5) is 0 Å². The molecule has 0 amide bonds. The van der Waals surface area contributed by atoms with E-state index in [1.807, 2.05) is 12.1 Å². The minimum Gasteiger partial charge on any atom is -0.310 e. The van der Waals surface area contributed by atoms with E-state index in [4.69, 9.17) is 0 Å². The van der Waals surface area contributed by atoms with Crippen molar-refractivity contribution < 1.29 is 8.42 Å². The van der Waals surface area contributed by atoms with Gasteiger partial charge in [-0.2, -0.15) is 0 Å². The lowest BCUT2D eigenvalue weighted by Crippen LogP contribution is -2.40. The van der Waals surface area contributed by atoms with Gasteiger partial charge in [-0.25, -0.2) is 8.42 Å². The van der Waals surface area contributed by atoms with E-state index in [0.29, 0.717) is 16.9 Å². The van der Waals surface area contributed by atoms with E-state index in [2.05, 4.69) is 19.2 Å². The van der Waals surface area contributed by atoms with Gasteiger partial charge >= 0.3 is 0 Å². The number of hydrogen-bond donors (Lipinski definition) is 1. The van der Waals surface area contributed by atoms with Crippen LogP contribution in [0, 0.1) is 11.8 Å². The van der Waals surface area contributed by atoms with E-state index < -0.39 is 9.84 Å². The van der Waals surface area contributed by atoms with Crippen LogP contribution in [0.25, 0.3) is 0 Å². The van der Waals surface area contributed by atoms with Gasteiger partial charge in [0.1, 0.15) is 0 Å². The van der Waals surface area contributed by atoms with Crippen molar-refractivity contribution >= 4 is 9.84 Å². The van der Waals surface area contributed by atoms with Crippen molar-refractivity contribution in [2.75, 3.05) is 6.26 Å². The van der Waals surface area contributed by atoms with Gasteiger partial charge in [-0.1, -0.05) is 38.8 Å². The van der Waals surface area contributed by atoms with Crippen molar-refractivity contribution in [2.45, 2.75) is 50.6 Å². The summed E-state index contributed by atoms with van der Waals surface area (Å²) in [6.45, 7) is 5.47. The lowest BCUT2D eigenvalue weighted by Gasteiger charge is -2.34. The molecule has 0 saturated heterocycles. The highest BCUT2D eigenvalue weighted by Gasteiger charge is 2.26. The average Bonchev–Trinajstić information content (AvgIpc) is 2.40. The molecule has 0 aliphatic heterocycles. The number of benzene rings is 1. The number of sulfone groups is 1. The van der Waals surface area contributed by atoms with Crippen molar-refractivity contribution in [1.82, 2.24) is 5.32 Å². The van der Waals surface area contributed by atoms with Crippen molar-refractivity contribution in [3.05, 3.63) is 29.8 Å². The Bertz CT molecular complexity index is 536. The third-order valence-electron chi connectivity index (χ3n) is 4.63. The number of hydrogen-bond acceptors (Lipinski definition) is 3. The zero-order chi connectivity index (χ0) is 14.8. The molecule has 0 radical (unpaired) electrons. The molecule has 112 valence electrons. The molecule has 1 aromatic carbocycles. The predicted molar refractivity (Wildman–Crippen MR) is 82.4 cm³/mol. The Hall–Kier alpha value is -0.870. The maximum absolute atomic E-state index is 11.4. The van der Waals surface area contributed by atoms with Gasteiger partial charge in [-0.15, -0.1) is 0 Å². The molecule has 2 rings (SSSR count). The second-order valence-corrected chi connectivity index (χ2v) is 8.19. The second kappa shape index (κ2) is 6.27. The molecule has 1 fully saturated rings. The maximum Gasteiger partial charge on any atom is 0.175 e. The van der Waals surface area contributed by atoms with Gasteiger partial charge in [0.15, 0.2) is 9.84 Å². The molecular weight excluding hydrogens is 270 g/mol. The summed E-state index contributed by atoms with van der Waals surface area (Å²) in [4.78, 5) is 0.390. The number of nitrogens with one attached hydrogen (secondary N) is 1. The molecule has 1 aromatic rings. The molecular formula is C16H25NO2S. The summed E-state index contributed by atoms with van der Waals surface area (Å²) in [5.41, 5.74) is 1.14. The highest BCUT2D eigenvalue weighted by Crippen LogP contribution is 2.29. The van der Waals surface area contributed by atoms with Crippen LogP contribution in [-0.4, -0.2) is 20.7 Å². The molecule has 0 aromatic heterocycles. The van der Waals surface area contributed by atoms with Crippen LogP contribution in [0.5, 0.6) is 0 Å². The van der Waals surface area contributed by atoms with Gasteiger partial charge in [-0.05, 0) is 36.0 Å². The minimum atomic E-state index is -3.09. The van der Waals surface area contributed by atoms with Gasteiger partial charge in [0, 0.05) is 18.8 Å². The summed E-state index contributed by atoms with van der Waals surface area (Å²) in [5, 5.41) is 3.63. The van der Waals surface area contributed by atoms with Crippen LogP contribution in [0.1, 0.15) is 38.7 Å². The fourth-order valence-corrected chi connectivity index (χ4v) is 3.60. The molecule has 1 N–H and O–H groups in total. The number of rotatable bonds is 4. The van der Waals surface area contributed by atoms with E-state index in [1.165, 1.54) is 25.5 Å². The fraction of sp³-hybridized carbons (Fsp3) is 0.625. The third kappa shape index (κ3) is 3.83. The summed E-state index contributed by atoms with van der Waals surface area (Å²) >= 11 is 0. The van der Waals surface area contributed by atoms with Crippen LogP contribution in [0.15, 0.2) is 29.2 Å². The molecule has 1 saturated carbocycles. The lowest BCUT2D eigenvalue weighted by atomic mass is 9.78. The van der Waals surface area contributed by atoms with Crippen LogP contribution in [0.3, 0.4) is 0 Å². The quantitative estimate of drug-likeness (QED) is 0.929. The van der Waals surface area contributed by atoms with E-state index >= 15 is 0 Å². The maximum atomic E-state index is 11.4. The molecule has 1 aliphatic carbocycles.